The van der Waals surface area contributed by atoms with Crippen LogP contribution >= 0.6 is 15.9 Å². The number of amides is 1. The van der Waals surface area contributed by atoms with Crippen LogP contribution in [0.15, 0.2) is 35.1 Å². The van der Waals surface area contributed by atoms with E-state index in [-0.39, 0.29) is 11.9 Å². The van der Waals surface area contributed by atoms with Crippen LogP contribution in [-0.2, 0) is 4.79 Å². The van der Waals surface area contributed by atoms with Crippen LogP contribution in [-0.4, -0.2) is 15.7 Å². The lowest BCUT2D eigenvalue weighted by Crippen LogP contribution is -2.24. The van der Waals surface area contributed by atoms with Gasteiger partial charge in [-0.05, 0) is 60.0 Å². The Balaban J connectivity index is 2.10. The number of rotatable bonds is 3. The number of hydrogen-bond donors (Lipinski definition) is 1. The van der Waals surface area contributed by atoms with Crippen molar-refractivity contribution < 1.29 is 4.79 Å². The summed E-state index contributed by atoms with van der Waals surface area (Å²) in [6, 6.07) is 5.53. The molecule has 1 amide bonds. The van der Waals surface area contributed by atoms with E-state index in [4.69, 9.17) is 0 Å². The zero-order valence-corrected chi connectivity index (χ0v) is 12.7. The maximum Gasteiger partial charge on any atom is 0.248 e. The van der Waals surface area contributed by atoms with Crippen molar-refractivity contribution in [2.75, 3.05) is 5.32 Å². The first-order valence-corrected chi connectivity index (χ1v) is 6.84. The number of benzene rings is 1. The highest BCUT2D eigenvalue weighted by Gasteiger charge is 2.15. The normalized spacial score (nSPS) is 12.2. The molecule has 19 heavy (non-hydrogen) atoms. The maximum absolute atomic E-state index is 12.1. The Bertz CT molecular complexity index is 606. The van der Waals surface area contributed by atoms with Gasteiger partial charge in [0.25, 0.3) is 0 Å². The first-order valence-electron chi connectivity index (χ1n) is 6.05. The molecule has 2 rings (SSSR count). The van der Waals surface area contributed by atoms with Gasteiger partial charge in [0.15, 0.2) is 0 Å². The number of nitrogens with zero attached hydrogens (tertiary/aromatic N) is 2. The monoisotopic (exact) mass is 321 g/mol. The molecule has 5 heteroatoms. The van der Waals surface area contributed by atoms with E-state index >= 15 is 0 Å². The van der Waals surface area contributed by atoms with Gasteiger partial charge in [-0.1, -0.05) is 6.07 Å². The molecule has 1 unspecified atom stereocenters. The molecule has 1 aromatic carbocycles. The molecule has 0 spiro atoms. The summed E-state index contributed by atoms with van der Waals surface area (Å²) in [5.74, 6) is -0.0844. The van der Waals surface area contributed by atoms with Gasteiger partial charge in [-0.25, -0.2) is 0 Å². The Morgan fingerprint density at radius 2 is 2.11 bits per heavy atom. The molecular formula is C14H16BrN3O. The van der Waals surface area contributed by atoms with Crippen LogP contribution in [0, 0.1) is 13.8 Å². The predicted octanol–water partition coefficient (Wildman–Crippen LogP) is 3.46. The minimum absolute atomic E-state index is 0.0844. The van der Waals surface area contributed by atoms with Crippen molar-refractivity contribution in [3.8, 4) is 0 Å². The Morgan fingerprint density at radius 3 is 2.68 bits per heavy atom. The number of hydrogen-bond acceptors (Lipinski definition) is 2. The Morgan fingerprint density at radius 1 is 1.37 bits per heavy atom. The standard InChI is InChI=1S/C14H16BrN3O/c1-9-4-5-13(6-10(9)2)17-14(19)11(3)18-8-12(15)7-16-18/h4-8,11H,1-3H3,(H,17,19). The summed E-state index contributed by atoms with van der Waals surface area (Å²) in [6.07, 6.45) is 3.45. The zero-order valence-electron chi connectivity index (χ0n) is 11.1. The predicted molar refractivity (Wildman–Crippen MR) is 79.2 cm³/mol. The Hall–Kier alpha value is -1.62. The fourth-order valence-corrected chi connectivity index (χ4v) is 2.01. The van der Waals surface area contributed by atoms with Crippen LogP contribution in [0.2, 0.25) is 0 Å². The zero-order chi connectivity index (χ0) is 14.0. The van der Waals surface area contributed by atoms with E-state index in [0.717, 1.165) is 15.7 Å². The van der Waals surface area contributed by atoms with Crippen LogP contribution in [0.1, 0.15) is 24.1 Å². The van der Waals surface area contributed by atoms with Crippen molar-refractivity contribution in [2.45, 2.75) is 26.8 Å². The molecule has 0 aliphatic rings. The van der Waals surface area contributed by atoms with Crippen molar-refractivity contribution in [1.29, 1.82) is 0 Å². The van der Waals surface area contributed by atoms with Gasteiger partial charge in [-0.2, -0.15) is 5.10 Å². The van der Waals surface area contributed by atoms with Crippen LogP contribution in [0.4, 0.5) is 5.69 Å². The molecule has 0 saturated carbocycles. The minimum atomic E-state index is -0.354. The van der Waals surface area contributed by atoms with E-state index in [1.165, 1.54) is 5.56 Å². The van der Waals surface area contributed by atoms with E-state index in [9.17, 15) is 4.79 Å². The minimum Gasteiger partial charge on any atom is -0.324 e. The van der Waals surface area contributed by atoms with Crippen LogP contribution < -0.4 is 5.32 Å². The van der Waals surface area contributed by atoms with Gasteiger partial charge >= 0.3 is 0 Å². The quantitative estimate of drug-likeness (QED) is 0.941. The third-order valence-electron chi connectivity index (χ3n) is 3.12. The fourth-order valence-electron chi connectivity index (χ4n) is 1.71. The third-order valence-corrected chi connectivity index (χ3v) is 3.53. The molecule has 0 radical (unpaired) electrons. The van der Waals surface area contributed by atoms with E-state index < -0.39 is 0 Å². The lowest BCUT2D eigenvalue weighted by Gasteiger charge is -2.13. The largest absolute Gasteiger partial charge is 0.324 e. The number of aryl methyl sites for hydroxylation is 2. The number of halogens is 1. The first kappa shape index (κ1) is 13.8. The van der Waals surface area contributed by atoms with Crippen LogP contribution in [0.25, 0.3) is 0 Å². The number of carbonyl (C=O) groups excluding carboxylic acids is 1. The van der Waals surface area contributed by atoms with Gasteiger partial charge in [0.05, 0.1) is 10.7 Å². The SMILES string of the molecule is Cc1ccc(NC(=O)C(C)n2cc(Br)cn2)cc1C. The highest BCUT2D eigenvalue weighted by Crippen LogP contribution is 2.17. The summed E-state index contributed by atoms with van der Waals surface area (Å²) in [5.41, 5.74) is 3.18. The molecule has 0 aliphatic heterocycles. The van der Waals surface area contributed by atoms with Crippen LogP contribution in [0.5, 0.6) is 0 Å². The molecular weight excluding hydrogens is 306 g/mol. The molecule has 1 heterocycles. The molecule has 0 aliphatic carbocycles. The van der Waals surface area contributed by atoms with Gasteiger partial charge in [0.1, 0.15) is 6.04 Å². The van der Waals surface area contributed by atoms with Crippen molar-refractivity contribution >= 4 is 27.5 Å². The molecule has 1 aromatic heterocycles. The Kier molecular flexibility index (Phi) is 4.04. The first-order chi connectivity index (χ1) is 8.97. The van der Waals surface area contributed by atoms with Crippen molar-refractivity contribution in [3.05, 3.63) is 46.2 Å². The van der Waals surface area contributed by atoms with Gasteiger partial charge in [-0.15, -0.1) is 0 Å². The van der Waals surface area contributed by atoms with E-state index in [2.05, 4.69) is 26.3 Å². The average Bonchev–Trinajstić information content (AvgIpc) is 2.79. The number of nitrogens with one attached hydrogen (secondary N) is 1. The second kappa shape index (κ2) is 5.57. The van der Waals surface area contributed by atoms with E-state index in [1.807, 2.05) is 39.0 Å². The summed E-state index contributed by atoms with van der Waals surface area (Å²) in [6.45, 7) is 5.89. The lowest BCUT2D eigenvalue weighted by molar-refractivity contribution is -0.119. The molecule has 4 nitrogen and oxygen atoms in total. The molecule has 100 valence electrons. The van der Waals surface area contributed by atoms with E-state index in [0.29, 0.717) is 0 Å². The van der Waals surface area contributed by atoms with Crippen molar-refractivity contribution in [3.63, 3.8) is 0 Å². The van der Waals surface area contributed by atoms with Gasteiger partial charge < -0.3 is 5.32 Å². The highest BCUT2D eigenvalue weighted by molar-refractivity contribution is 9.10. The fraction of sp³-hybridized carbons (Fsp3) is 0.286. The maximum atomic E-state index is 12.1. The number of anilines is 1. The second-order valence-corrected chi connectivity index (χ2v) is 5.52. The second-order valence-electron chi connectivity index (χ2n) is 4.60. The molecule has 2 aromatic rings. The summed E-state index contributed by atoms with van der Waals surface area (Å²) in [7, 11) is 0. The summed E-state index contributed by atoms with van der Waals surface area (Å²) >= 11 is 3.32. The molecule has 0 saturated heterocycles. The van der Waals surface area contributed by atoms with Crippen molar-refractivity contribution in [2.24, 2.45) is 0 Å². The molecule has 1 atom stereocenters. The summed E-state index contributed by atoms with van der Waals surface area (Å²) < 4.78 is 2.49. The summed E-state index contributed by atoms with van der Waals surface area (Å²) in [5, 5.41) is 7.02. The molecule has 0 fully saturated rings. The Labute approximate surface area is 120 Å². The number of aromatic nitrogens is 2. The van der Waals surface area contributed by atoms with Crippen LogP contribution in [0.3, 0.4) is 0 Å². The third kappa shape index (κ3) is 3.23. The van der Waals surface area contributed by atoms with Gasteiger partial charge in [-0.3, -0.25) is 9.48 Å². The topological polar surface area (TPSA) is 46.9 Å². The smallest absolute Gasteiger partial charge is 0.248 e. The highest BCUT2D eigenvalue weighted by atomic mass is 79.9. The van der Waals surface area contributed by atoms with Gasteiger partial charge in [0.2, 0.25) is 5.91 Å². The van der Waals surface area contributed by atoms with Gasteiger partial charge in [0, 0.05) is 11.9 Å². The summed E-state index contributed by atoms with van der Waals surface area (Å²) in [4.78, 5) is 12.1. The average molecular weight is 322 g/mol. The van der Waals surface area contributed by atoms with Crippen molar-refractivity contribution in [1.82, 2.24) is 9.78 Å². The number of carbonyl (C=O) groups is 1. The molecule has 0 bridgehead atoms. The van der Waals surface area contributed by atoms with E-state index in [1.54, 1.807) is 17.1 Å². The lowest BCUT2D eigenvalue weighted by atomic mass is 10.1. The molecule has 1 N–H and O–H groups in total.